The second-order valence-electron chi connectivity index (χ2n) is 14.4. The van der Waals surface area contributed by atoms with Crippen molar-refractivity contribution in [2.45, 2.75) is 238 Å². The summed E-state index contributed by atoms with van der Waals surface area (Å²) in [5, 5.41) is 23.1. The van der Waals surface area contributed by atoms with Crippen LogP contribution in [0.15, 0.2) is 24.3 Å². The van der Waals surface area contributed by atoms with E-state index in [1.807, 2.05) is 0 Å². The van der Waals surface area contributed by atoms with E-state index in [9.17, 15) is 15.0 Å². The van der Waals surface area contributed by atoms with Crippen LogP contribution in [0, 0.1) is 0 Å². The van der Waals surface area contributed by atoms with Crippen molar-refractivity contribution in [3.8, 4) is 0 Å². The molecule has 0 saturated carbocycles. The van der Waals surface area contributed by atoms with Gasteiger partial charge in [0, 0.05) is 6.42 Å². The largest absolute Gasteiger partial charge is 0.394 e. The van der Waals surface area contributed by atoms with E-state index in [0.29, 0.717) is 12.8 Å². The SMILES string of the molecule is CCCCCCCC/C=C/CCCCCCCCCCCCCC(=O)N[C@@H](CO)[C@H](O)CCCC/C=C/CCCCCCCCCC. The monoisotopic (exact) mass is 662 g/mol. The maximum Gasteiger partial charge on any atom is 0.220 e. The van der Waals surface area contributed by atoms with Crippen molar-refractivity contribution in [2.24, 2.45) is 0 Å². The molecule has 0 aliphatic rings. The number of unbranched alkanes of at least 4 members (excludes halogenated alkanes) is 27. The fraction of sp³-hybridized carbons (Fsp3) is 0.884. The molecule has 0 bridgehead atoms. The quantitative estimate of drug-likeness (QED) is 0.0455. The summed E-state index contributed by atoms with van der Waals surface area (Å²) in [7, 11) is 0. The predicted octanol–water partition coefficient (Wildman–Crippen LogP) is 12.8. The Balaban J connectivity index is 3.53. The normalized spacial score (nSPS) is 13.2. The molecule has 0 aliphatic carbocycles. The summed E-state index contributed by atoms with van der Waals surface area (Å²) in [5.74, 6) is -0.0414. The second kappa shape index (κ2) is 39.3. The molecule has 0 saturated heterocycles. The molecule has 0 fully saturated rings. The highest BCUT2D eigenvalue weighted by molar-refractivity contribution is 5.76. The molecule has 0 radical (unpaired) electrons. The minimum atomic E-state index is -0.679. The second-order valence-corrected chi connectivity index (χ2v) is 14.4. The first-order valence-corrected chi connectivity index (χ1v) is 21.0. The summed E-state index contributed by atoms with van der Waals surface area (Å²) in [5.41, 5.74) is 0. The average molecular weight is 662 g/mol. The highest BCUT2D eigenvalue weighted by Gasteiger charge is 2.19. The van der Waals surface area contributed by atoms with Gasteiger partial charge in [0.15, 0.2) is 0 Å². The van der Waals surface area contributed by atoms with E-state index in [1.54, 1.807) is 0 Å². The first-order chi connectivity index (χ1) is 23.2. The lowest BCUT2D eigenvalue weighted by atomic mass is 10.0. The Morgan fingerprint density at radius 3 is 1.17 bits per heavy atom. The van der Waals surface area contributed by atoms with Crippen molar-refractivity contribution in [3.63, 3.8) is 0 Å². The van der Waals surface area contributed by atoms with Crippen LogP contribution >= 0.6 is 0 Å². The molecule has 1 amide bonds. The van der Waals surface area contributed by atoms with Gasteiger partial charge in [-0.3, -0.25) is 4.79 Å². The van der Waals surface area contributed by atoms with Crippen LogP contribution in [0.5, 0.6) is 0 Å². The van der Waals surface area contributed by atoms with E-state index >= 15 is 0 Å². The number of nitrogens with one attached hydrogen (secondary N) is 1. The molecule has 4 heteroatoms. The van der Waals surface area contributed by atoms with Gasteiger partial charge in [0.05, 0.1) is 18.8 Å². The maximum absolute atomic E-state index is 12.4. The molecule has 2 atom stereocenters. The number of aliphatic hydroxyl groups excluding tert-OH is 2. The van der Waals surface area contributed by atoms with Gasteiger partial charge in [0.2, 0.25) is 5.91 Å². The van der Waals surface area contributed by atoms with E-state index in [4.69, 9.17) is 0 Å². The Morgan fingerprint density at radius 2 is 0.809 bits per heavy atom. The van der Waals surface area contributed by atoms with Crippen molar-refractivity contribution in [3.05, 3.63) is 24.3 Å². The molecular weight excluding hydrogens is 578 g/mol. The zero-order valence-electron chi connectivity index (χ0n) is 31.8. The number of aliphatic hydroxyl groups is 2. The third-order valence-electron chi connectivity index (χ3n) is 9.68. The molecule has 0 aromatic rings. The van der Waals surface area contributed by atoms with Crippen LogP contribution in [-0.2, 0) is 4.79 Å². The van der Waals surface area contributed by atoms with Crippen LogP contribution in [0.4, 0.5) is 0 Å². The Morgan fingerprint density at radius 1 is 0.489 bits per heavy atom. The highest BCUT2D eigenvalue weighted by atomic mass is 16.3. The summed E-state index contributed by atoms with van der Waals surface area (Å²) in [4.78, 5) is 12.4. The smallest absolute Gasteiger partial charge is 0.220 e. The van der Waals surface area contributed by atoms with Crippen LogP contribution in [0.2, 0.25) is 0 Å². The van der Waals surface area contributed by atoms with Crippen LogP contribution in [0.3, 0.4) is 0 Å². The minimum Gasteiger partial charge on any atom is -0.394 e. The predicted molar refractivity (Wildman–Crippen MR) is 207 cm³/mol. The van der Waals surface area contributed by atoms with E-state index in [-0.39, 0.29) is 12.5 Å². The van der Waals surface area contributed by atoms with Crippen molar-refractivity contribution in [2.75, 3.05) is 6.61 Å². The molecule has 0 heterocycles. The lowest BCUT2D eigenvalue weighted by Crippen LogP contribution is -2.45. The van der Waals surface area contributed by atoms with Gasteiger partial charge >= 0.3 is 0 Å². The Labute approximate surface area is 294 Å². The van der Waals surface area contributed by atoms with Gasteiger partial charge in [0.1, 0.15) is 0 Å². The molecule has 3 N–H and O–H groups in total. The first-order valence-electron chi connectivity index (χ1n) is 21.0. The van der Waals surface area contributed by atoms with E-state index in [1.165, 1.54) is 167 Å². The molecule has 47 heavy (non-hydrogen) atoms. The summed E-state index contributed by atoms with van der Waals surface area (Å²) >= 11 is 0. The number of rotatable bonds is 38. The summed E-state index contributed by atoms with van der Waals surface area (Å²) in [6.45, 7) is 4.34. The van der Waals surface area contributed by atoms with Gasteiger partial charge < -0.3 is 15.5 Å². The standard InChI is InChI=1S/C43H83NO3/c1-3-5-7-9-11-13-15-17-19-20-21-22-23-24-25-27-29-31-33-35-37-39-43(47)44-41(40-45)42(46)38-36-34-32-30-28-26-18-16-14-12-10-8-6-4-2/h17,19,28,30,41-42,45-46H,3-16,18,20-27,29,31-40H2,1-2H3,(H,44,47)/b19-17+,30-28+/t41-,42+/m0/s1. The number of carbonyl (C=O) groups is 1. The van der Waals surface area contributed by atoms with Crippen LogP contribution < -0.4 is 5.32 Å². The fourth-order valence-electron chi connectivity index (χ4n) is 6.41. The van der Waals surface area contributed by atoms with Crippen LogP contribution in [0.1, 0.15) is 226 Å². The molecular formula is C43H83NO3. The Hall–Kier alpha value is -1.13. The van der Waals surface area contributed by atoms with Crippen LogP contribution in [-0.4, -0.2) is 34.9 Å². The molecule has 0 rings (SSSR count). The van der Waals surface area contributed by atoms with Crippen molar-refractivity contribution in [1.82, 2.24) is 5.32 Å². The number of amides is 1. The molecule has 0 aromatic heterocycles. The first kappa shape index (κ1) is 45.9. The van der Waals surface area contributed by atoms with Gasteiger partial charge in [-0.15, -0.1) is 0 Å². The summed E-state index contributed by atoms with van der Waals surface area (Å²) in [6.07, 6.45) is 49.6. The van der Waals surface area contributed by atoms with E-state index in [0.717, 1.165) is 32.1 Å². The molecule has 0 aromatic carbocycles. The Kier molecular flexibility index (Phi) is 38.4. The number of carbonyl (C=O) groups excluding carboxylic acids is 1. The van der Waals surface area contributed by atoms with Gasteiger partial charge in [-0.05, 0) is 64.2 Å². The van der Waals surface area contributed by atoms with Crippen molar-refractivity contribution >= 4 is 5.91 Å². The molecule has 0 spiro atoms. The molecule has 0 aliphatic heterocycles. The average Bonchev–Trinajstić information content (AvgIpc) is 3.07. The topological polar surface area (TPSA) is 69.6 Å². The zero-order chi connectivity index (χ0) is 34.3. The van der Waals surface area contributed by atoms with Crippen molar-refractivity contribution in [1.29, 1.82) is 0 Å². The maximum atomic E-state index is 12.4. The van der Waals surface area contributed by atoms with Gasteiger partial charge in [-0.2, -0.15) is 0 Å². The summed E-state index contributed by atoms with van der Waals surface area (Å²) < 4.78 is 0. The van der Waals surface area contributed by atoms with Crippen LogP contribution in [0.25, 0.3) is 0 Å². The highest BCUT2D eigenvalue weighted by Crippen LogP contribution is 2.14. The van der Waals surface area contributed by atoms with E-state index < -0.39 is 12.1 Å². The molecule has 0 unspecified atom stereocenters. The van der Waals surface area contributed by atoms with Gasteiger partial charge in [0.25, 0.3) is 0 Å². The third-order valence-corrected chi connectivity index (χ3v) is 9.68. The Bertz CT molecular complexity index is 676. The third kappa shape index (κ3) is 36.0. The minimum absolute atomic E-state index is 0.0414. The van der Waals surface area contributed by atoms with Gasteiger partial charge in [-0.25, -0.2) is 0 Å². The van der Waals surface area contributed by atoms with E-state index in [2.05, 4.69) is 43.5 Å². The number of hydrogen-bond acceptors (Lipinski definition) is 3. The number of hydrogen-bond donors (Lipinski definition) is 3. The van der Waals surface area contributed by atoms with Crippen molar-refractivity contribution < 1.29 is 15.0 Å². The zero-order valence-corrected chi connectivity index (χ0v) is 31.8. The summed E-state index contributed by atoms with van der Waals surface area (Å²) in [6, 6.07) is -0.550. The fourth-order valence-corrected chi connectivity index (χ4v) is 6.41. The number of allylic oxidation sites excluding steroid dienone is 4. The lowest BCUT2D eigenvalue weighted by Gasteiger charge is -2.22. The molecule has 4 nitrogen and oxygen atoms in total. The lowest BCUT2D eigenvalue weighted by molar-refractivity contribution is -0.123. The van der Waals surface area contributed by atoms with Gasteiger partial charge in [-0.1, -0.05) is 179 Å². The molecule has 278 valence electrons.